The number of hydrogen-bond donors (Lipinski definition) is 1. The van der Waals surface area contributed by atoms with E-state index in [0.29, 0.717) is 0 Å². The van der Waals surface area contributed by atoms with Crippen molar-refractivity contribution < 1.29 is 0 Å². The Kier molecular flexibility index (Phi) is 2.89. The van der Waals surface area contributed by atoms with Crippen LogP contribution in [0.15, 0.2) is 0 Å². The minimum Gasteiger partial charge on any atom is -0.315 e. The molecule has 1 N–H and O–H groups in total. The average molecular weight is 182 g/mol. The maximum Gasteiger partial charge on any atom is 0.0221 e. The van der Waals surface area contributed by atoms with Crippen molar-refractivity contribution >= 4 is 0 Å². The molecule has 0 aromatic rings. The van der Waals surface area contributed by atoms with E-state index in [0.717, 1.165) is 18.0 Å². The molecule has 0 bridgehead atoms. The lowest BCUT2D eigenvalue weighted by atomic mass is 10.0. The Morgan fingerprint density at radius 1 is 1.31 bits per heavy atom. The minimum absolute atomic E-state index is 0.796. The highest BCUT2D eigenvalue weighted by Gasteiger charge is 2.33. The third-order valence-corrected chi connectivity index (χ3v) is 3.79. The third-order valence-electron chi connectivity index (χ3n) is 3.79. The zero-order valence-electron chi connectivity index (χ0n) is 8.92. The second kappa shape index (κ2) is 3.97. The fourth-order valence-corrected chi connectivity index (χ4v) is 2.42. The van der Waals surface area contributed by atoms with Gasteiger partial charge in [0, 0.05) is 18.6 Å². The van der Waals surface area contributed by atoms with Crippen molar-refractivity contribution in [3.63, 3.8) is 0 Å². The van der Waals surface area contributed by atoms with Gasteiger partial charge in [-0.1, -0.05) is 0 Å². The van der Waals surface area contributed by atoms with Crippen molar-refractivity contribution in [3.8, 4) is 0 Å². The van der Waals surface area contributed by atoms with Crippen LogP contribution in [0, 0.1) is 5.92 Å². The van der Waals surface area contributed by atoms with Crippen LogP contribution < -0.4 is 5.32 Å². The first-order valence-corrected chi connectivity index (χ1v) is 5.71. The summed E-state index contributed by atoms with van der Waals surface area (Å²) < 4.78 is 0. The van der Waals surface area contributed by atoms with Crippen molar-refractivity contribution in [2.75, 3.05) is 20.1 Å². The SMILES string of the molecule is CC(C1CC1)N(C)C1CCCNC1. The van der Waals surface area contributed by atoms with E-state index in [1.807, 2.05) is 0 Å². The largest absolute Gasteiger partial charge is 0.315 e. The van der Waals surface area contributed by atoms with Gasteiger partial charge in [0.15, 0.2) is 0 Å². The summed E-state index contributed by atoms with van der Waals surface area (Å²) in [7, 11) is 2.31. The second-order valence-electron chi connectivity index (χ2n) is 4.74. The fraction of sp³-hybridized carbons (Fsp3) is 1.00. The van der Waals surface area contributed by atoms with E-state index in [4.69, 9.17) is 0 Å². The van der Waals surface area contributed by atoms with Crippen LogP contribution >= 0.6 is 0 Å². The standard InChI is InChI=1S/C11H22N2/c1-9(10-5-6-10)13(2)11-4-3-7-12-8-11/h9-12H,3-8H2,1-2H3. The number of nitrogens with one attached hydrogen (secondary N) is 1. The number of piperidine rings is 1. The van der Waals surface area contributed by atoms with Crippen molar-refractivity contribution in [2.24, 2.45) is 5.92 Å². The van der Waals surface area contributed by atoms with Gasteiger partial charge in [0.2, 0.25) is 0 Å². The Labute approximate surface area is 81.7 Å². The molecule has 2 atom stereocenters. The molecule has 13 heavy (non-hydrogen) atoms. The molecule has 0 radical (unpaired) electrons. The normalized spacial score (nSPS) is 32.1. The van der Waals surface area contributed by atoms with Crippen molar-refractivity contribution in [1.82, 2.24) is 10.2 Å². The Hall–Kier alpha value is -0.0800. The highest BCUT2D eigenvalue weighted by Crippen LogP contribution is 2.35. The summed E-state index contributed by atoms with van der Waals surface area (Å²) >= 11 is 0. The number of nitrogens with zero attached hydrogens (tertiary/aromatic N) is 1. The topological polar surface area (TPSA) is 15.3 Å². The molecule has 2 nitrogen and oxygen atoms in total. The lowest BCUT2D eigenvalue weighted by molar-refractivity contribution is 0.142. The Morgan fingerprint density at radius 3 is 2.62 bits per heavy atom. The van der Waals surface area contributed by atoms with Gasteiger partial charge in [-0.25, -0.2) is 0 Å². The molecule has 2 fully saturated rings. The fourth-order valence-electron chi connectivity index (χ4n) is 2.42. The van der Waals surface area contributed by atoms with E-state index in [2.05, 4.69) is 24.2 Å². The van der Waals surface area contributed by atoms with E-state index in [9.17, 15) is 0 Å². The van der Waals surface area contributed by atoms with E-state index < -0.39 is 0 Å². The first kappa shape index (κ1) is 9.47. The van der Waals surface area contributed by atoms with Gasteiger partial charge >= 0.3 is 0 Å². The van der Waals surface area contributed by atoms with E-state index in [1.165, 1.54) is 38.8 Å². The van der Waals surface area contributed by atoms with Gasteiger partial charge in [0.25, 0.3) is 0 Å². The second-order valence-corrected chi connectivity index (χ2v) is 4.74. The first-order chi connectivity index (χ1) is 6.29. The van der Waals surface area contributed by atoms with Crippen LogP contribution in [-0.4, -0.2) is 37.1 Å². The molecule has 0 amide bonds. The van der Waals surface area contributed by atoms with Crippen LogP contribution in [0.5, 0.6) is 0 Å². The zero-order valence-corrected chi connectivity index (χ0v) is 8.92. The molecule has 0 aromatic heterocycles. The molecule has 1 saturated heterocycles. The van der Waals surface area contributed by atoms with Crippen LogP contribution in [0.25, 0.3) is 0 Å². The summed E-state index contributed by atoms with van der Waals surface area (Å²) in [5.74, 6) is 1.01. The molecule has 1 aliphatic heterocycles. The smallest absolute Gasteiger partial charge is 0.0221 e. The molecular weight excluding hydrogens is 160 g/mol. The van der Waals surface area contributed by atoms with E-state index in [1.54, 1.807) is 0 Å². The molecule has 2 aliphatic rings. The predicted molar refractivity (Wildman–Crippen MR) is 55.8 cm³/mol. The van der Waals surface area contributed by atoms with Crippen molar-refractivity contribution in [3.05, 3.63) is 0 Å². The highest BCUT2D eigenvalue weighted by molar-refractivity contribution is 4.88. The minimum atomic E-state index is 0.796. The first-order valence-electron chi connectivity index (χ1n) is 5.71. The van der Waals surface area contributed by atoms with Gasteiger partial charge in [-0.15, -0.1) is 0 Å². The average Bonchev–Trinajstić information content (AvgIpc) is 3.00. The van der Waals surface area contributed by atoms with Gasteiger partial charge in [-0.2, -0.15) is 0 Å². The Balaban J connectivity index is 1.82. The van der Waals surface area contributed by atoms with Gasteiger partial charge in [-0.3, -0.25) is 4.90 Å². The van der Waals surface area contributed by atoms with Crippen LogP contribution in [0.3, 0.4) is 0 Å². The summed E-state index contributed by atoms with van der Waals surface area (Å²) in [6, 6.07) is 1.61. The summed E-state index contributed by atoms with van der Waals surface area (Å²) in [4.78, 5) is 2.60. The lowest BCUT2D eigenvalue weighted by Gasteiger charge is -2.36. The van der Waals surface area contributed by atoms with Gasteiger partial charge in [0.05, 0.1) is 0 Å². The molecule has 2 unspecified atom stereocenters. The van der Waals surface area contributed by atoms with Crippen LogP contribution in [0.2, 0.25) is 0 Å². The molecular formula is C11H22N2. The summed E-state index contributed by atoms with van der Waals surface area (Å²) in [5, 5.41) is 3.49. The maximum atomic E-state index is 3.49. The van der Waals surface area contributed by atoms with Crippen LogP contribution in [-0.2, 0) is 0 Å². The molecule has 1 aliphatic carbocycles. The highest BCUT2D eigenvalue weighted by atomic mass is 15.2. The maximum absolute atomic E-state index is 3.49. The summed E-state index contributed by atoms with van der Waals surface area (Å²) in [6.45, 7) is 4.82. The lowest BCUT2D eigenvalue weighted by Crippen LogP contribution is -2.48. The Morgan fingerprint density at radius 2 is 2.08 bits per heavy atom. The van der Waals surface area contributed by atoms with Crippen LogP contribution in [0.4, 0.5) is 0 Å². The summed E-state index contributed by atoms with van der Waals surface area (Å²) in [6.07, 6.45) is 5.67. The van der Waals surface area contributed by atoms with Gasteiger partial charge in [0.1, 0.15) is 0 Å². The van der Waals surface area contributed by atoms with Gasteiger partial charge in [-0.05, 0) is 52.1 Å². The summed E-state index contributed by atoms with van der Waals surface area (Å²) in [5.41, 5.74) is 0. The Bertz CT molecular complexity index is 159. The number of hydrogen-bond acceptors (Lipinski definition) is 2. The van der Waals surface area contributed by atoms with Crippen LogP contribution in [0.1, 0.15) is 32.6 Å². The van der Waals surface area contributed by atoms with Crippen molar-refractivity contribution in [2.45, 2.75) is 44.7 Å². The number of likely N-dealkylation sites (N-methyl/N-ethyl adjacent to an activating group) is 1. The van der Waals surface area contributed by atoms with E-state index >= 15 is 0 Å². The molecule has 0 spiro atoms. The monoisotopic (exact) mass is 182 g/mol. The molecule has 0 aromatic carbocycles. The predicted octanol–water partition coefficient (Wildman–Crippen LogP) is 1.47. The molecule has 2 rings (SSSR count). The molecule has 2 heteroatoms. The third kappa shape index (κ3) is 2.23. The van der Waals surface area contributed by atoms with Crippen molar-refractivity contribution in [1.29, 1.82) is 0 Å². The number of rotatable bonds is 3. The van der Waals surface area contributed by atoms with Gasteiger partial charge < -0.3 is 5.32 Å². The quantitative estimate of drug-likeness (QED) is 0.711. The molecule has 1 heterocycles. The zero-order chi connectivity index (χ0) is 9.26. The van der Waals surface area contributed by atoms with E-state index in [-0.39, 0.29) is 0 Å². The molecule has 1 saturated carbocycles. The molecule has 76 valence electrons.